The first kappa shape index (κ1) is 20.2. The highest BCUT2D eigenvalue weighted by Gasteiger charge is 2.14. The molecule has 0 saturated heterocycles. The number of hydrogen-bond donors (Lipinski definition) is 0. The number of hydrogen-bond acceptors (Lipinski definition) is 4. The molecule has 0 spiro atoms. The summed E-state index contributed by atoms with van der Waals surface area (Å²) in [6.45, 7) is 6.68. The van der Waals surface area contributed by atoms with Crippen molar-refractivity contribution >= 4 is 11.2 Å². The quantitative estimate of drug-likeness (QED) is 0.756. The molecular weight excluding hydrogens is 308 g/mol. The van der Waals surface area contributed by atoms with Gasteiger partial charge in [0.1, 0.15) is 0 Å². The van der Waals surface area contributed by atoms with E-state index in [4.69, 9.17) is 4.74 Å². The summed E-state index contributed by atoms with van der Waals surface area (Å²) in [5, 5.41) is 0. The Morgan fingerprint density at radius 1 is 1.21 bits per heavy atom. The number of imidazole rings is 1. The van der Waals surface area contributed by atoms with Gasteiger partial charge in [0.15, 0.2) is 11.2 Å². The number of rotatable bonds is 6. The van der Waals surface area contributed by atoms with Gasteiger partial charge in [-0.15, -0.1) is 0 Å². The van der Waals surface area contributed by atoms with Gasteiger partial charge in [-0.1, -0.05) is 20.3 Å². The molecule has 0 bridgehead atoms. The van der Waals surface area contributed by atoms with Crippen LogP contribution in [0.15, 0.2) is 15.9 Å². The lowest BCUT2D eigenvalue weighted by Gasteiger charge is -2.10. The summed E-state index contributed by atoms with van der Waals surface area (Å²) < 4.78 is 9.56. The fourth-order valence-corrected chi connectivity index (χ4v) is 2.41. The van der Waals surface area contributed by atoms with Crippen LogP contribution in [0.3, 0.4) is 0 Å². The molecule has 7 nitrogen and oxygen atoms in total. The maximum atomic E-state index is 12.4. The number of unbranched alkanes of at least 4 members (excludes halogenated alkanes) is 1. The van der Waals surface area contributed by atoms with Gasteiger partial charge in [0, 0.05) is 27.7 Å². The second-order valence-electron chi connectivity index (χ2n) is 6.08. The minimum absolute atomic E-state index is 0.198. The van der Waals surface area contributed by atoms with Gasteiger partial charge in [0.05, 0.1) is 12.4 Å². The molecule has 24 heavy (non-hydrogen) atoms. The van der Waals surface area contributed by atoms with E-state index in [1.165, 1.54) is 15.6 Å². The van der Waals surface area contributed by atoms with Crippen LogP contribution in [-0.2, 0) is 25.4 Å². The van der Waals surface area contributed by atoms with Gasteiger partial charge in [0.25, 0.3) is 5.56 Å². The fourth-order valence-electron chi connectivity index (χ4n) is 2.41. The Bertz CT molecular complexity index is 758. The molecular formula is C17H30N4O3. The van der Waals surface area contributed by atoms with Crippen LogP contribution < -0.4 is 11.2 Å². The largest absolute Gasteiger partial charge is 0.382 e. The standard InChI is InChI=1S/C14H22N4O3.C3H8/c1-10(21-4)7-5-6-8-18-13(19)11-12(15-9-16(11)2)17(3)14(18)20;1-3-2/h9-10H,5-8H2,1-4H3;3H2,1-2H3. The fraction of sp³-hybridized carbons (Fsp3) is 0.706. The maximum absolute atomic E-state index is 12.4. The van der Waals surface area contributed by atoms with Gasteiger partial charge in [-0.3, -0.25) is 13.9 Å². The summed E-state index contributed by atoms with van der Waals surface area (Å²) in [4.78, 5) is 28.8. The highest BCUT2D eigenvalue weighted by atomic mass is 16.5. The van der Waals surface area contributed by atoms with Crippen molar-refractivity contribution in [2.45, 2.75) is 59.1 Å². The molecule has 1 atom stereocenters. The van der Waals surface area contributed by atoms with E-state index in [9.17, 15) is 9.59 Å². The second kappa shape index (κ2) is 9.42. The second-order valence-corrected chi connectivity index (χ2v) is 6.08. The van der Waals surface area contributed by atoms with E-state index in [0.29, 0.717) is 17.7 Å². The third kappa shape index (κ3) is 4.56. The Balaban J connectivity index is 0.000000891. The molecule has 1 unspecified atom stereocenters. The molecule has 0 aliphatic rings. The maximum Gasteiger partial charge on any atom is 0.332 e. The van der Waals surface area contributed by atoms with Gasteiger partial charge in [-0.2, -0.15) is 0 Å². The van der Waals surface area contributed by atoms with Crippen LogP contribution in [0.2, 0.25) is 0 Å². The van der Waals surface area contributed by atoms with Crippen molar-refractivity contribution in [3.05, 3.63) is 27.2 Å². The lowest BCUT2D eigenvalue weighted by Crippen LogP contribution is -2.39. The third-order valence-corrected chi connectivity index (χ3v) is 3.85. The minimum atomic E-state index is -0.314. The van der Waals surface area contributed by atoms with Gasteiger partial charge in [-0.25, -0.2) is 9.78 Å². The van der Waals surface area contributed by atoms with Gasteiger partial charge in [0.2, 0.25) is 0 Å². The number of fused-ring (bicyclic) bond motifs is 1. The molecule has 136 valence electrons. The lowest BCUT2D eigenvalue weighted by molar-refractivity contribution is 0.108. The van der Waals surface area contributed by atoms with Gasteiger partial charge < -0.3 is 9.30 Å². The number of aromatic nitrogens is 4. The number of aryl methyl sites for hydroxylation is 2. The molecule has 2 aromatic rings. The van der Waals surface area contributed by atoms with Crippen molar-refractivity contribution in [3.8, 4) is 0 Å². The van der Waals surface area contributed by atoms with Crippen LogP contribution in [0.1, 0.15) is 46.5 Å². The Kier molecular flexibility index (Phi) is 7.91. The Labute approximate surface area is 142 Å². The molecule has 0 aliphatic carbocycles. The smallest absolute Gasteiger partial charge is 0.332 e. The normalized spacial score (nSPS) is 12.1. The first-order chi connectivity index (χ1) is 11.4. The van der Waals surface area contributed by atoms with Crippen molar-refractivity contribution in [1.82, 2.24) is 18.7 Å². The first-order valence-electron chi connectivity index (χ1n) is 8.52. The zero-order valence-corrected chi connectivity index (χ0v) is 15.7. The highest BCUT2D eigenvalue weighted by molar-refractivity contribution is 5.69. The molecule has 2 rings (SSSR count). The van der Waals surface area contributed by atoms with Crippen LogP contribution in [0.5, 0.6) is 0 Å². The number of ether oxygens (including phenoxy) is 1. The zero-order chi connectivity index (χ0) is 18.3. The summed E-state index contributed by atoms with van der Waals surface area (Å²) in [6.07, 6.45) is 5.60. The van der Waals surface area contributed by atoms with Crippen molar-refractivity contribution in [2.75, 3.05) is 7.11 Å². The molecule has 2 heterocycles. The van der Waals surface area contributed by atoms with Crippen molar-refractivity contribution in [2.24, 2.45) is 14.1 Å². The van der Waals surface area contributed by atoms with E-state index in [1.54, 1.807) is 32.1 Å². The molecule has 7 heteroatoms. The summed E-state index contributed by atoms with van der Waals surface area (Å²) in [5.41, 5.74) is 0.304. The Morgan fingerprint density at radius 3 is 2.42 bits per heavy atom. The lowest BCUT2D eigenvalue weighted by atomic mass is 10.2. The SMILES string of the molecule is CCC.COC(C)CCCCn1c(=O)c2c(ncn2C)n(C)c1=O. The average Bonchev–Trinajstić information content (AvgIpc) is 2.94. The molecule has 2 aromatic heterocycles. The Morgan fingerprint density at radius 2 is 1.83 bits per heavy atom. The minimum Gasteiger partial charge on any atom is -0.382 e. The summed E-state index contributed by atoms with van der Waals surface area (Å²) in [5.74, 6) is 0. The van der Waals surface area contributed by atoms with E-state index in [2.05, 4.69) is 18.8 Å². The van der Waals surface area contributed by atoms with Crippen LogP contribution >= 0.6 is 0 Å². The monoisotopic (exact) mass is 338 g/mol. The molecule has 0 saturated carbocycles. The van der Waals surface area contributed by atoms with Crippen molar-refractivity contribution < 1.29 is 4.74 Å². The molecule has 0 aromatic carbocycles. The molecule has 0 N–H and O–H groups in total. The molecule has 0 fully saturated rings. The van der Waals surface area contributed by atoms with Crippen molar-refractivity contribution in [1.29, 1.82) is 0 Å². The topological polar surface area (TPSA) is 71.1 Å². The number of methoxy groups -OCH3 is 1. The predicted octanol–water partition coefficient (Wildman–Crippen LogP) is 2.06. The third-order valence-electron chi connectivity index (χ3n) is 3.85. The van der Waals surface area contributed by atoms with E-state index in [0.717, 1.165) is 19.3 Å². The molecule has 0 aliphatic heterocycles. The van der Waals surface area contributed by atoms with Crippen LogP contribution in [-0.4, -0.2) is 31.9 Å². The van der Waals surface area contributed by atoms with E-state index >= 15 is 0 Å². The number of nitrogens with zero attached hydrogens (tertiary/aromatic N) is 4. The summed E-state index contributed by atoms with van der Waals surface area (Å²) in [7, 11) is 5.08. The average molecular weight is 338 g/mol. The molecule has 0 radical (unpaired) electrons. The van der Waals surface area contributed by atoms with Crippen LogP contribution in [0.25, 0.3) is 11.2 Å². The summed E-state index contributed by atoms with van der Waals surface area (Å²) >= 11 is 0. The Hall–Kier alpha value is -1.89. The van der Waals surface area contributed by atoms with Crippen LogP contribution in [0.4, 0.5) is 0 Å². The van der Waals surface area contributed by atoms with E-state index < -0.39 is 0 Å². The van der Waals surface area contributed by atoms with E-state index in [1.807, 2.05) is 6.92 Å². The molecule has 0 amide bonds. The van der Waals surface area contributed by atoms with Gasteiger partial charge >= 0.3 is 5.69 Å². The van der Waals surface area contributed by atoms with E-state index in [-0.39, 0.29) is 17.4 Å². The summed E-state index contributed by atoms with van der Waals surface area (Å²) in [6, 6.07) is 0. The van der Waals surface area contributed by atoms with Crippen LogP contribution in [0, 0.1) is 0 Å². The van der Waals surface area contributed by atoms with Gasteiger partial charge in [-0.05, 0) is 26.2 Å². The predicted molar refractivity (Wildman–Crippen MR) is 96.5 cm³/mol. The van der Waals surface area contributed by atoms with Crippen molar-refractivity contribution in [3.63, 3.8) is 0 Å². The first-order valence-corrected chi connectivity index (χ1v) is 8.52. The zero-order valence-electron chi connectivity index (χ0n) is 15.7. The highest BCUT2D eigenvalue weighted by Crippen LogP contribution is 2.06.